The fourth-order valence-corrected chi connectivity index (χ4v) is 8.47. The first-order valence-corrected chi connectivity index (χ1v) is 19.4. The minimum Gasteiger partial charge on any atom is -0.494 e. The first-order valence-electron chi connectivity index (χ1n) is 16.0. The molecule has 244 valence electrons. The van der Waals surface area contributed by atoms with E-state index in [2.05, 4.69) is 77.3 Å². The molecule has 6 rings (SSSR count). The van der Waals surface area contributed by atoms with Crippen molar-refractivity contribution in [2.45, 2.75) is 32.2 Å². The summed E-state index contributed by atoms with van der Waals surface area (Å²) >= 11 is 3.60. The van der Waals surface area contributed by atoms with Crippen LogP contribution in [0.5, 0.6) is 5.75 Å². The van der Waals surface area contributed by atoms with E-state index in [4.69, 9.17) is 9.72 Å². The fourth-order valence-electron chi connectivity index (χ4n) is 6.70. The molecule has 2 aliphatic rings. The van der Waals surface area contributed by atoms with Gasteiger partial charge in [0.15, 0.2) is 0 Å². The van der Waals surface area contributed by atoms with Crippen LogP contribution in [-0.2, 0) is 11.0 Å². The van der Waals surface area contributed by atoms with E-state index in [1.54, 1.807) is 32.8 Å². The van der Waals surface area contributed by atoms with E-state index in [0.717, 1.165) is 65.9 Å². The Hall–Kier alpha value is -3.24. The van der Waals surface area contributed by atoms with Gasteiger partial charge in [0.25, 0.3) is 0 Å². The predicted molar refractivity (Wildman–Crippen MR) is 194 cm³/mol. The van der Waals surface area contributed by atoms with Crippen molar-refractivity contribution in [1.29, 1.82) is 0 Å². The zero-order chi connectivity index (χ0) is 32.4. The Morgan fingerprint density at radius 2 is 1.76 bits per heavy atom. The maximum absolute atomic E-state index is 13.5. The zero-order valence-electron chi connectivity index (χ0n) is 27.4. The molecule has 12 heteroatoms. The van der Waals surface area contributed by atoms with E-state index in [9.17, 15) is 4.57 Å². The number of hydrogen-bond donors (Lipinski definition) is 2. The Morgan fingerprint density at radius 1 is 1.00 bits per heavy atom. The van der Waals surface area contributed by atoms with Gasteiger partial charge in [-0.2, -0.15) is 4.98 Å². The molecule has 2 saturated heterocycles. The van der Waals surface area contributed by atoms with Gasteiger partial charge in [0.05, 0.1) is 28.5 Å². The Morgan fingerprint density at radius 3 is 2.46 bits per heavy atom. The summed E-state index contributed by atoms with van der Waals surface area (Å²) in [6, 6.07) is 12.7. The largest absolute Gasteiger partial charge is 0.494 e. The van der Waals surface area contributed by atoms with Crippen molar-refractivity contribution in [3.05, 3.63) is 58.8 Å². The minimum atomic E-state index is -2.67. The van der Waals surface area contributed by atoms with Crippen LogP contribution in [-0.4, -0.2) is 97.5 Å². The maximum atomic E-state index is 13.5. The lowest BCUT2D eigenvalue weighted by Gasteiger charge is -2.43. The van der Waals surface area contributed by atoms with Crippen LogP contribution in [0.15, 0.2) is 53.3 Å². The molecule has 0 bridgehead atoms. The van der Waals surface area contributed by atoms with Crippen LogP contribution in [0, 0.1) is 0 Å². The van der Waals surface area contributed by atoms with Crippen molar-refractivity contribution < 1.29 is 9.30 Å². The number of pyridine rings is 1. The highest BCUT2D eigenvalue weighted by molar-refractivity contribution is 9.10. The van der Waals surface area contributed by atoms with Gasteiger partial charge in [-0.25, -0.2) is 4.98 Å². The molecule has 2 N–H and O–H groups in total. The monoisotopic (exact) mass is 706 g/mol. The summed E-state index contributed by atoms with van der Waals surface area (Å²) in [5, 5.41) is 8.44. The van der Waals surface area contributed by atoms with Crippen LogP contribution in [0.2, 0.25) is 0 Å². The number of likely N-dealkylation sites (N-methyl/N-ethyl adjacent to an activating group) is 1. The molecule has 0 unspecified atom stereocenters. The number of halogens is 1. The van der Waals surface area contributed by atoms with E-state index >= 15 is 0 Å². The minimum absolute atomic E-state index is 0.423. The van der Waals surface area contributed by atoms with Gasteiger partial charge in [-0.1, -0.05) is 13.0 Å². The Bertz CT molecular complexity index is 1750. The molecular formula is C34H44BrN8O2P. The molecule has 0 saturated carbocycles. The van der Waals surface area contributed by atoms with E-state index in [-0.39, 0.29) is 0 Å². The molecule has 2 fully saturated rings. The third-order valence-corrected chi connectivity index (χ3v) is 11.3. The number of aryl methyl sites for hydroxylation is 1. The van der Waals surface area contributed by atoms with Gasteiger partial charge < -0.3 is 29.7 Å². The van der Waals surface area contributed by atoms with Crippen molar-refractivity contribution in [3.8, 4) is 5.75 Å². The molecule has 0 amide bonds. The number of fused-ring (bicyclic) bond motifs is 1. The molecule has 0 radical (unpaired) electrons. The molecule has 2 aliphatic heterocycles. The van der Waals surface area contributed by atoms with Gasteiger partial charge in [0.1, 0.15) is 18.7 Å². The van der Waals surface area contributed by atoms with Crippen molar-refractivity contribution >= 4 is 68.1 Å². The molecule has 0 spiro atoms. The third kappa shape index (κ3) is 7.03. The Labute approximate surface area is 280 Å². The second kappa shape index (κ2) is 13.9. The summed E-state index contributed by atoms with van der Waals surface area (Å²) in [4.78, 5) is 21.5. The number of benzene rings is 2. The van der Waals surface area contributed by atoms with Gasteiger partial charge in [-0.05, 0) is 85.4 Å². The molecular weight excluding hydrogens is 663 g/mol. The summed E-state index contributed by atoms with van der Waals surface area (Å²) < 4.78 is 20.0. The highest BCUT2D eigenvalue weighted by Crippen LogP contribution is 2.42. The Balaban J connectivity index is 1.23. The van der Waals surface area contributed by atoms with Crippen molar-refractivity contribution in [2.75, 3.05) is 82.3 Å². The smallest absolute Gasteiger partial charge is 0.229 e. The molecule has 2 aromatic heterocycles. The van der Waals surface area contributed by atoms with Gasteiger partial charge in [-0.3, -0.25) is 9.88 Å². The van der Waals surface area contributed by atoms with Gasteiger partial charge in [0, 0.05) is 80.1 Å². The number of anilines is 5. The zero-order valence-corrected chi connectivity index (χ0v) is 29.9. The molecule has 0 atom stereocenters. The number of hydrogen-bond acceptors (Lipinski definition) is 10. The second-order valence-corrected chi connectivity index (χ2v) is 16.6. The topological polar surface area (TPSA) is 98.7 Å². The van der Waals surface area contributed by atoms with Crippen LogP contribution in [0.25, 0.3) is 10.9 Å². The second-order valence-electron chi connectivity index (χ2n) is 12.6. The van der Waals surface area contributed by atoms with Gasteiger partial charge in [0.2, 0.25) is 5.95 Å². The first-order chi connectivity index (χ1) is 22.1. The molecule has 10 nitrogen and oxygen atoms in total. The highest BCUT2D eigenvalue weighted by Gasteiger charge is 2.28. The van der Waals surface area contributed by atoms with Gasteiger partial charge in [-0.15, -0.1) is 0 Å². The van der Waals surface area contributed by atoms with Crippen LogP contribution >= 0.6 is 23.1 Å². The third-order valence-electron chi connectivity index (χ3n) is 9.18. The summed E-state index contributed by atoms with van der Waals surface area (Å²) in [6.45, 7) is 12.5. The molecule has 4 heterocycles. The Kier molecular flexibility index (Phi) is 9.85. The molecule has 4 aromatic rings. The van der Waals surface area contributed by atoms with E-state index in [1.165, 1.54) is 37.2 Å². The fraction of sp³-hybridized carbons (Fsp3) is 0.441. The van der Waals surface area contributed by atoms with E-state index in [0.29, 0.717) is 22.3 Å². The first kappa shape index (κ1) is 32.7. The SMILES string of the molecule is CCc1cc(Nc2ncc(Br)c(Nc3ccc4ncccc4c3P(C)(C)=O)n2)c(OC)cc1N1CCC(N2CCN(C)CC2)CC1. The molecule has 46 heavy (non-hydrogen) atoms. The average Bonchev–Trinajstić information content (AvgIpc) is 3.06. The number of nitrogens with zero attached hydrogens (tertiary/aromatic N) is 6. The average molecular weight is 708 g/mol. The van der Waals surface area contributed by atoms with Crippen LogP contribution in [0.4, 0.5) is 28.8 Å². The number of aromatic nitrogens is 3. The number of methoxy groups -OCH3 is 1. The summed E-state index contributed by atoms with van der Waals surface area (Å²) in [5.74, 6) is 1.73. The van der Waals surface area contributed by atoms with Crippen LogP contribution < -0.4 is 25.6 Å². The number of rotatable bonds is 9. The van der Waals surface area contributed by atoms with Gasteiger partial charge >= 0.3 is 0 Å². The lowest BCUT2D eigenvalue weighted by Crippen LogP contribution is -2.52. The van der Waals surface area contributed by atoms with Crippen molar-refractivity contribution in [3.63, 3.8) is 0 Å². The number of ether oxygens (including phenoxy) is 1. The number of piperazine rings is 1. The summed E-state index contributed by atoms with van der Waals surface area (Å²) in [6.07, 6.45) is 6.71. The highest BCUT2D eigenvalue weighted by atomic mass is 79.9. The summed E-state index contributed by atoms with van der Waals surface area (Å²) in [7, 11) is 1.25. The van der Waals surface area contributed by atoms with E-state index < -0.39 is 7.14 Å². The number of piperidine rings is 1. The molecule has 0 aliphatic carbocycles. The van der Waals surface area contributed by atoms with Crippen LogP contribution in [0.3, 0.4) is 0 Å². The lowest BCUT2D eigenvalue weighted by atomic mass is 9.99. The summed E-state index contributed by atoms with van der Waals surface area (Å²) in [5.41, 5.74) is 4.84. The number of nitrogens with one attached hydrogen (secondary N) is 2. The quantitative estimate of drug-likeness (QED) is 0.193. The standard InChI is InChI=1S/C34H44BrN8O2P/c1-6-23-20-29(31(45-3)21-30(23)43-14-11-24(12-15-43)42-18-16-41(2)17-19-42)39-34-37-22-26(35)33(40-34)38-28-10-9-27-25(8-7-13-36-27)32(28)46(4,5)44/h7-10,13,20-22,24H,6,11-12,14-19H2,1-5H3,(H2,37,38,39,40). The van der Waals surface area contributed by atoms with E-state index in [1.807, 2.05) is 24.3 Å². The van der Waals surface area contributed by atoms with Crippen molar-refractivity contribution in [2.24, 2.45) is 0 Å². The lowest BCUT2D eigenvalue weighted by molar-refractivity contribution is 0.0982. The predicted octanol–water partition coefficient (Wildman–Crippen LogP) is 6.31. The molecule has 2 aromatic carbocycles. The maximum Gasteiger partial charge on any atom is 0.229 e. The van der Waals surface area contributed by atoms with Crippen LogP contribution in [0.1, 0.15) is 25.3 Å². The normalized spacial score (nSPS) is 17.0. The van der Waals surface area contributed by atoms with Crippen molar-refractivity contribution in [1.82, 2.24) is 24.8 Å².